The Bertz CT molecular complexity index is 1020. The third-order valence-corrected chi connectivity index (χ3v) is 5.33. The van der Waals surface area contributed by atoms with Crippen molar-refractivity contribution in [3.63, 3.8) is 0 Å². The molecular formula is C17H17N3O6S. The summed E-state index contributed by atoms with van der Waals surface area (Å²) in [6.45, 7) is 1.32. The minimum Gasteiger partial charge on any atom is -0.476 e. The van der Waals surface area contributed by atoms with E-state index in [0.717, 1.165) is 10.6 Å². The molecule has 1 heterocycles. The summed E-state index contributed by atoms with van der Waals surface area (Å²) < 4.78 is 31.0. The molecule has 1 atom stereocenters. The fraction of sp³-hybridized carbons (Fsp3) is 0.235. The summed E-state index contributed by atoms with van der Waals surface area (Å²) in [6, 6.07) is 10.8. The van der Waals surface area contributed by atoms with E-state index in [1.54, 1.807) is 24.3 Å². The van der Waals surface area contributed by atoms with E-state index < -0.39 is 27.0 Å². The minimum atomic E-state index is -3.62. The molecule has 2 aromatic carbocycles. The van der Waals surface area contributed by atoms with Crippen molar-refractivity contribution < 1.29 is 22.9 Å². The third-order valence-electron chi connectivity index (χ3n) is 4.19. The second-order valence-corrected chi connectivity index (χ2v) is 7.97. The lowest BCUT2D eigenvalue weighted by atomic mass is 10.1. The average Bonchev–Trinajstić information content (AvgIpc) is 2.61. The predicted molar refractivity (Wildman–Crippen MR) is 99.5 cm³/mol. The first-order valence-electron chi connectivity index (χ1n) is 7.96. The van der Waals surface area contributed by atoms with E-state index in [2.05, 4.69) is 5.32 Å². The molecule has 1 N–H and O–H groups in total. The third kappa shape index (κ3) is 3.70. The van der Waals surface area contributed by atoms with E-state index >= 15 is 0 Å². The smallest absolute Gasteiger partial charge is 0.274 e. The van der Waals surface area contributed by atoms with Crippen LogP contribution in [0.3, 0.4) is 0 Å². The minimum absolute atomic E-state index is 0.125. The molecular weight excluding hydrogens is 374 g/mol. The zero-order valence-corrected chi connectivity index (χ0v) is 15.4. The fourth-order valence-corrected chi connectivity index (χ4v) is 3.74. The zero-order chi connectivity index (χ0) is 19.8. The largest absolute Gasteiger partial charge is 0.476 e. The number of ether oxygens (including phenoxy) is 1. The van der Waals surface area contributed by atoms with Gasteiger partial charge in [-0.05, 0) is 25.1 Å². The lowest BCUT2D eigenvalue weighted by Gasteiger charge is -2.33. The Morgan fingerprint density at radius 1 is 1.26 bits per heavy atom. The monoisotopic (exact) mass is 391 g/mol. The van der Waals surface area contributed by atoms with Crippen LogP contribution in [0.25, 0.3) is 0 Å². The first kappa shape index (κ1) is 18.6. The Balaban J connectivity index is 1.89. The molecule has 142 valence electrons. The summed E-state index contributed by atoms with van der Waals surface area (Å²) >= 11 is 0. The van der Waals surface area contributed by atoms with Gasteiger partial charge in [-0.15, -0.1) is 0 Å². The molecule has 1 unspecified atom stereocenters. The van der Waals surface area contributed by atoms with E-state index in [0.29, 0.717) is 11.3 Å². The summed E-state index contributed by atoms with van der Waals surface area (Å²) in [7, 11) is -3.62. The number of benzene rings is 2. The van der Waals surface area contributed by atoms with Crippen molar-refractivity contribution in [3.8, 4) is 5.75 Å². The highest BCUT2D eigenvalue weighted by molar-refractivity contribution is 7.92. The molecule has 0 bridgehead atoms. The number of hydrogen-bond acceptors (Lipinski definition) is 6. The van der Waals surface area contributed by atoms with E-state index in [1.807, 2.05) is 0 Å². The lowest BCUT2D eigenvalue weighted by molar-refractivity contribution is -0.385. The zero-order valence-electron chi connectivity index (χ0n) is 14.6. The standard InChI is InChI=1S/C17H17N3O6S/c1-11-12(6-5-8-13(11)20(22)23)18-17(21)16-10-19(27(2,24)25)14-7-3-4-9-15(14)26-16/h3-9,16H,10H2,1-2H3,(H,18,21). The molecule has 9 nitrogen and oxygen atoms in total. The lowest BCUT2D eigenvalue weighted by Crippen LogP contribution is -2.48. The van der Waals surface area contributed by atoms with Gasteiger partial charge < -0.3 is 10.1 Å². The van der Waals surface area contributed by atoms with Crippen LogP contribution in [0.15, 0.2) is 42.5 Å². The molecule has 1 aliphatic heterocycles. The number of para-hydroxylation sites is 2. The van der Waals surface area contributed by atoms with Crippen LogP contribution in [0.5, 0.6) is 5.75 Å². The molecule has 0 spiro atoms. The van der Waals surface area contributed by atoms with Crippen LogP contribution in [0.2, 0.25) is 0 Å². The topological polar surface area (TPSA) is 119 Å². The molecule has 1 amide bonds. The molecule has 1 aliphatic rings. The van der Waals surface area contributed by atoms with Gasteiger partial charge in [0.1, 0.15) is 5.75 Å². The van der Waals surface area contributed by atoms with E-state index in [9.17, 15) is 23.3 Å². The Morgan fingerprint density at radius 2 is 1.96 bits per heavy atom. The first-order valence-corrected chi connectivity index (χ1v) is 9.81. The number of fused-ring (bicyclic) bond motifs is 1. The summed E-state index contributed by atoms with van der Waals surface area (Å²) in [5.74, 6) is -0.327. The molecule has 0 fully saturated rings. The van der Waals surface area contributed by atoms with Crippen LogP contribution in [0.1, 0.15) is 5.56 Å². The number of rotatable bonds is 4. The number of nitro benzene ring substituents is 1. The van der Waals surface area contributed by atoms with Crippen LogP contribution < -0.4 is 14.4 Å². The number of amides is 1. The van der Waals surface area contributed by atoms with Gasteiger partial charge in [-0.1, -0.05) is 18.2 Å². The maximum atomic E-state index is 12.7. The van der Waals surface area contributed by atoms with Gasteiger partial charge in [0.25, 0.3) is 11.6 Å². The fourth-order valence-electron chi connectivity index (χ4n) is 2.82. The molecule has 10 heteroatoms. The maximum absolute atomic E-state index is 12.7. The second-order valence-electron chi connectivity index (χ2n) is 6.06. The highest BCUT2D eigenvalue weighted by atomic mass is 32.2. The Labute approximate surface area is 155 Å². The number of nitrogens with one attached hydrogen (secondary N) is 1. The molecule has 0 saturated heterocycles. The van der Waals surface area contributed by atoms with Gasteiger partial charge >= 0.3 is 0 Å². The van der Waals surface area contributed by atoms with Crippen molar-refractivity contribution in [2.24, 2.45) is 0 Å². The summed E-state index contributed by atoms with van der Waals surface area (Å²) in [4.78, 5) is 23.2. The quantitative estimate of drug-likeness (QED) is 0.629. The van der Waals surface area contributed by atoms with E-state index in [-0.39, 0.29) is 23.7 Å². The molecule has 0 radical (unpaired) electrons. The molecule has 0 aliphatic carbocycles. The number of carbonyl (C=O) groups excluding carboxylic acids is 1. The van der Waals surface area contributed by atoms with Crippen LogP contribution in [-0.2, 0) is 14.8 Å². The maximum Gasteiger partial charge on any atom is 0.274 e. The van der Waals surface area contributed by atoms with Crippen molar-refractivity contribution in [2.75, 3.05) is 22.4 Å². The van der Waals surface area contributed by atoms with E-state index in [4.69, 9.17) is 4.74 Å². The number of hydrogen-bond donors (Lipinski definition) is 1. The number of sulfonamides is 1. The number of anilines is 2. The Kier molecular flexibility index (Phi) is 4.75. The van der Waals surface area contributed by atoms with Gasteiger partial charge in [-0.25, -0.2) is 8.42 Å². The van der Waals surface area contributed by atoms with Crippen molar-refractivity contribution >= 4 is 33.0 Å². The second kappa shape index (κ2) is 6.88. The van der Waals surface area contributed by atoms with Crippen molar-refractivity contribution in [2.45, 2.75) is 13.0 Å². The van der Waals surface area contributed by atoms with Crippen LogP contribution in [0.4, 0.5) is 17.1 Å². The number of carbonyl (C=O) groups is 1. The van der Waals surface area contributed by atoms with E-state index in [1.165, 1.54) is 25.1 Å². The molecule has 0 aromatic heterocycles. The molecule has 2 aromatic rings. The van der Waals surface area contributed by atoms with Crippen molar-refractivity contribution in [3.05, 3.63) is 58.1 Å². The van der Waals surface area contributed by atoms with Gasteiger partial charge in [0.15, 0.2) is 6.10 Å². The molecule has 27 heavy (non-hydrogen) atoms. The summed E-state index contributed by atoms with van der Waals surface area (Å²) in [5, 5.41) is 13.6. The number of nitro groups is 1. The van der Waals surface area contributed by atoms with Crippen molar-refractivity contribution in [1.29, 1.82) is 0 Å². The highest BCUT2D eigenvalue weighted by Gasteiger charge is 2.35. The summed E-state index contributed by atoms with van der Waals surface area (Å²) in [5.41, 5.74) is 0.797. The van der Waals surface area contributed by atoms with Crippen LogP contribution in [-0.4, -0.2) is 38.2 Å². The normalized spacial score (nSPS) is 16.2. The summed E-state index contributed by atoms with van der Waals surface area (Å²) in [6.07, 6.45) is -0.0531. The van der Waals surface area contributed by atoms with Gasteiger partial charge in [0.05, 0.1) is 34.7 Å². The van der Waals surface area contributed by atoms with Gasteiger partial charge in [-0.3, -0.25) is 19.2 Å². The Morgan fingerprint density at radius 3 is 2.63 bits per heavy atom. The highest BCUT2D eigenvalue weighted by Crippen LogP contribution is 2.35. The molecule has 0 saturated carbocycles. The first-order chi connectivity index (χ1) is 12.7. The SMILES string of the molecule is Cc1c(NC(=O)C2CN(S(C)(=O)=O)c3ccccc3O2)cccc1[N+](=O)[O-]. The van der Waals surface area contributed by atoms with Gasteiger partial charge in [0, 0.05) is 6.07 Å². The molecule has 3 rings (SSSR count). The average molecular weight is 391 g/mol. The Hall–Kier alpha value is -3.14. The van der Waals surface area contributed by atoms with Gasteiger partial charge in [-0.2, -0.15) is 0 Å². The van der Waals surface area contributed by atoms with Crippen LogP contribution >= 0.6 is 0 Å². The predicted octanol–water partition coefficient (Wildman–Crippen LogP) is 2.07. The van der Waals surface area contributed by atoms with Crippen LogP contribution in [0, 0.1) is 17.0 Å². The number of nitrogens with zero attached hydrogens (tertiary/aromatic N) is 2. The van der Waals surface area contributed by atoms with Gasteiger partial charge in [0.2, 0.25) is 10.0 Å². The van der Waals surface area contributed by atoms with Crippen molar-refractivity contribution in [1.82, 2.24) is 0 Å².